The van der Waals surface area contributed by atoms with Crippen LogP contribution in [0.1, 0.15) is 65.2 Å². The number of ether oxygens (including phenoxy) is 1. The van der Waals surface area contributed by atoms with Crippen molar-refractivity contribution >= 4 is 0 Å². The molecule has 1 heterocycles. The first kappa shape index (κ1) is 13.6. The first-order valence-corrected chi connectivity index (χ1v) is 8.68. The van der Waals surface area contributed by atoms with Crippen molar-refractivity contribution in [1.29, 1.82) is 0 Å². The molecule has 0 aromatic rings. The molecule has 0 aromatic heterocycles. The van der Waals surface area contributed by atoms with E-state index in [-0.39, 0.29) is 11.5 Å². The molecule has 0 amide bonds. The Kier molecular flexibility index (Phi) is 2.87. The highest BCUT2D eigenvalue weighted by Gasteiger charge is 2.62. The highest BCUT2D eigenvalue weighted by Crippen LogP contribution is 2.71. The zero-order valence-electron chi connectivity index (χ0n) is 13.2. The molecule has 4 bridgehead atoms. The van der Waals surface area contributed by atoms with E-state index in [2.05, 4.69) is 13.8 Å². The lowest BCUT2D eigenvalue weighted by atomic mass is 9.39. The van der Waals surface area contributed by atoms with E-state index in [1.165, 1.54) is 38.5 Å². The van der Waals surface area contributed by atoms with Crippen LogP contribution in [0.5, 0.6) is 0 Å². The smallest absolute Gasteiger partial charge is 0.0626 e. The van der Waals surface area contributed by atoms with Crippen LogP contribution in [0.4, 0.5) is 0 Å². The number of rotatable bonds is 2. The Morgan fingerprint density at radius 1 is 0.950 bits per heavy atom. The number of aliphatic hydroxyl groups is 1. The van der Waals surface area contributed by atoms with Gasteiger partial charge in [-0.2, -0.15) is 0 Å². The summed E-state index contributed by atoms with van der Waals surface area (Å²) in [7, 11) is 0. The van der Waals surface area contributed by atoms with E-state index in [0.717, 1.165) is 32.0 Å². The Morgan fingerprint density at radius 3 is 2.10 bits per heavy atom. The molecule has 4 aliphatic carbocycles. The first-order valence-electron chi connectivity index (χ1n) is 8.68. The topological polar surface area (TPSA) is 29.5 Å². The van der Waals surface area contributed by atoms with E-state index in [4.69, 9.17) is 4.74 Å². The van der Waals surface area contributed by atoms with Crippen LogP contribution in [-0.2, 0) is 4.74 Å². The van der Waals surface area contributed by atoms with Crippen molar-refractivity contribution in [2.75, 3.05) is 13.2 Å². The molecule has 3 unspecified atom stereocenters. The summed E-state index contributed by atoms with van der Waals surface area (Å²) in [6, 6.07) is 0. The van der Waals surface area contributed by atoms with Crippen LogP contribution in [-0.4, -0.2) is 24.4 Å². The Bertz CT molecular complexity index is 380. The fourth-order valence-corrected chi connectivity index (χ4v) is 7.40. The lowest BCUT2D eigenvalue weighted by Crippen LogP contribution is -2.60. The van der Waals surface area contributed by atoms with Crippen molar-refractivity contribution in [3.05, 3.63) is 0 Å². The van der Waals surface area contributed by atoms with Crippen molar-refractivity contribution in [2.24, 2.45) is 28.1 Å². The number of hydrogen-bond donors (Lipinski definition) is 1. The van der Waals surface area contributed by atoms with Gasteiger partial charge in [0.2, 0.25) is 0 Å². The van der Waals surface area contributed by atoms with Gasteiger partial charge in [-0.05, 0) is 79.4 Å². The minimum atomic E-state index is -0.0755. The molecule has 2 nitrogen and oxygen atoms in total. The molecule has 0 radical (unpaired) electrons. The molecule has 1 saturated heterocycles. The maximum Gasteiger partial charge on any atom is 0.0626 e. The second kappa shape index (κ2) is 4.23. The fourth-order valence-electron chi connectivity index (χ4n) is 7.40. The zero-order chi connectivity index (χ0) is 14.0. The molecule has 5 fully saturated rings. The summed E-state index contributed by atoms with van der Waals surface area (Å²) in [6.45, 7) is 6.72. The number of aliphatic hydroxyl groups excluding tert-OH is 1. The molecular weight excluding hydrogens is 248 g/mol. The van der Waals surface area contributed by atoms with Crippen LogP contribution in [0.15, 0.2) is 0 Å². The van der Waals surface area contributed by atoms with Crippen LogP contribution in [0.3, 0.4) is 0 Å². The molecule has 20 heavy (non-hydrogen) atoms. The van der Waals surface area contributed by atoms with Crippen LogP contribution in [0.2, 0.25) is 0 Å². The molecule has 2 heteroatoms. The van der Waals surface area contributed by atoms with Crippen molar-refractivity contribution in [3.63, 3.8) is 0 Å². The van der Waals surface area contributed by atoms with Gasteiger partial charge in [-0.1, -0.05) is 13.8 Å². The minimum Gasteiger partial charge on any atom is -0.392 e. The average Bonchev–Trinajstić information content (AvgIpc) is 2.34. The lowest BCUT2D eigenvalue weighted by Gasteiger charge is -2.67. The van der Waals surface area contributed by atoms with Crippen LogP contribution < -0.4 is 0 Å². The van der Waals surface area contributed by atoms with E-state index in [1.54, 1.807) is 0 Å². The predicted octanol–water partition coefficient (Wildman–Crippen LogP) is 3.77. The average molecular weight is 278 g/mol. The van der Waals surface area contributed by atoms with Gasteiger partial charge in [-0.25, -0.2) is 0 Å². The standard InChI is InChI=1S/C18H30O2/c1-16-7-13-8-17(2,10-16)12-18(9-13,11-16)15(19)14-3-5-20-6-4-14/h13-15,19H,3-12H2,1-2H3. The highest BCUT2D eigenvalue weighted by atomic mass is 16.5. The second-order valence-corrected chi connectivity index (χ2v) is 9.39. The van der Waals surface area contributed by atoms with Gasteiger partial charge in [0.25, 0.3) is 0 Å². The van der Waals surface area contributed by atoms with Gasteiger partial charge in [0.15, 0.2) is 0 Å². The van der Waals surface area contributed by atoms with Crippen LogP contribution in [0, 0.1) is 28.1 Å². The maximum atomic E-state index is 11.2. The van der Waals surface area contributed by atoms with E-state index in [1.807, 2.05) is 0 Å². The van der Waals surface area contributed by atoms with Gasteiger partial charge in [0, 0.05) is 13.2 Å². The fraction of sp³-hybridized carbons (Fsp3) is 1.00. The van der Waals surface area contributed by atoms with Crippen LogP contribution in [0.25, 0.3) is 0 Å². The molecule has 1 aliphatic heterocycles. The molecular formula is C18H30O2. The van der Waals surface area contributed by atoms with Crippen molar-refractivity contribution < 1.29 is 9.84 Å². The van der Waals surface area contributed by atoms with Gasteiger partial charge in [0.1, 0.15) is 0 Å². The van der Waals surface area contributed by atoms with Gasteiger partial charge in [0.05, 0.1) is 6.10 Å². The van der Waals surface area contributed by atoms with Gasteiger partial charge in [-0.15, -0.1) is 0 Å². The molecule has 4 saturated carbocycles. The van der Waals surface area contributed by atoms with Crippen molar-refractivity contribution in [3.8, 4) is 0 Å². The minimum absolute atomic E-state index is 0.0755. The molecule has 0 aromatic carbocycles. The Balaban J connectivity index is 1.63. The largest absolute Gasteiger partial charge is 0.392 e. The molecule has 5 rings (SSSR count). The van der Waals surface area contributed by atoms with E-state index in [9.17, 15) is 5.11 Å². The normalized spacial score (nSPS) is 53.2. The third-order valence-corrected chi connectivity index (χ3v) is 7.01. The molecule has 114 valence electrons. The molecule has 0 spiro atoms. The van der Waals surface area contributed by atoms with Crippen molar-refractivity contribution in [2.45, 2.75) is 71.3 Å². The summed E-state index contributed by atoms with van der Waals surface area (Å²) in [4.78, 5) is 0. The Hall–Kier alpha value is -0.0800. The van der Waals surface area contributed by atoms with Gasteiger partial charge in [-0.3, -0.25) is 0 Å². The summed E-state index contributed by atoms with van der Waals surface area (Å²) < 4.78 is 5.50. The number of hydrogen-bond acceptors (Lipinski definition) is 2. The lowest BCUT2D eigenvalue weighted by molar-refractivity contribution is -0.201. The summed E-state index contributed by atoms with van der Waals surface area (Å²) >= 11 is 0. The molecule has 1 N–H and O–H groups in total. The third kappa shape index (κ3) is 1.98. The predicted molar refractivity (Wildman–Crippen MR) is 79.4 cm³/mol. The second-order valence-electron chi connectivity index (χ2n) is 9.39. The van der Waals surface area contributed by atoms with Gasteiger partial charge >= 0.3 is 0 Å². The Labute approximate surface area is 123 Å². The Morgan fingerprint density at radius 2 is 1.55 bits per heavy atom. The van der Waals surface area contributed by atoms with Crippen LogP contribution >= 0.6 is 0 Å². The molecule has 3 atom stereocenters. The third-order valence-electron chi connectivity index (χ3n) is 7.01. The SMILES string of the molecule is CC12CC3CC(C)(C1)CC(C(O)C1CCOCC1)(C3)C2. The zero-order valence-corrected chi connectivity index (χ0v) is 13.2. The van der Waals surface area contributed by atoms with Gasteiger partial charge < -0.3 is 9.84 Å². The first-order chi connectivity index (χ1) is 9.42. The van der Waals surface area contributed by atoms with E-state index < -0.39 is 0 Å². The maximum absolute atomic E-state index is 11.2. The summed E-state index contributed by atoms with van der Waals surface area (Å²) in [5.74, 6) is 1.38. The monoisotopic (exact) mass is 278 g/mol. The quantitative estimate of drug-likeness (QED) is 0.833. The summed E-state index contributed by atoms with van der Waals surface area (Å²) in [5, 5.41) is 11.2. The summed E-state index contributed by atoms with van der Waals surface area (Å²) in [6.07, 6.45) is 10.2. The molecule has 5 aliphatic rings. The van der Waals surface area contributed by atoms with Crippen molar-refractivity contribution in [1.82, 2.24) is 0 Å². The summed E-state index contributed by atoms with van der Waals surface area (Å²) in [5.41, 5.74) is 1.27. The van der Waals surface area contributed by atoms with E-state index in [0.29, 0.717) is 16.7 Å². The highest BCUT2D eigenvalue weighted by molar-refractivity contribution is 5.13. The van der Waals surface area contributed by atoms with E-state index >= 15 is 0 Å².